The third kappa shape index (κ3) is 4.68. The summed E-state index contributed by atoms with van der Waals surface area (Å²) in [5.41, 5.74) is 2.58. The Bertz CT molecular complexity index is 1020. The molecule has 1 heterocycles. The number of carbonyl (C=O) groups excluding carboxylic acids is 1. The predicted octanol–water partition coefficient (Wildman–Crippen LogP) is 2.86. The van der Waals surface area contributed by atoms with Crippen molar-refractivity contribution in [2.45, 2.75) is 18.7 Å². The van der Waals surface area contributed by atoms with Crippen LogP contribution in [0.25, 0.3) is 6.08 Å². The summed E-state index contributed by atoms with van der Waals surface area (Å²) in [6, 6.07) is 12.8. The van der Waals surface area contributed by atoms with Gasteiger partial charge in [0.05, 0.1) is 12.0 Å². The molecule has 1 amide bonds. The highest BCUT2D eigenvalue weighted by Crippen LogP contribution is 2.23. The number of para-hydroxylation sites is 1. The van der Waals surface area contributed by atoms with Crippen molar-refractivity contribution in [2.75, 3.05) is 33.3 Å². The van der Waals surface area contributed by atoms with E-state index in [9.17, 15) is 13.2 Å². The number of piperazine rings is 1. The third-order valence-electron chi connectivity index (χ3n) is 5.04. The van der Waals surface area contributed by atoms with Crippen molar-refractivity contribution in [3.8, 4) is 5.75 Å². The monoisotopic (exact) mass is 414 g/mol. The summed E-state index contributed by atoms with van der Waals surface area (Å²) in [5.74, 6) is 0.556. The molecule has 0 bridgehead atoms. The van der Waals surface area contributed by atoms with Gasteiger partial charge in [-0.05, 0) is 37.6 Å². The quantitative estimate of drug-likeness (QED) is 0.706. The van der Waals surface area contributed by atoms with Crippen LogP contribution in [0.1, 0.15) is 16.7 Å². The van der Waals surface area contributed by atoms with E-state index in [4.69, 9.17) is 4.74 Å². The van der Waals surface area contributed by atoms with Crippen molar-refractivity contribution < 1.29 is 17.9 Å². The van der Waals surface area contributed by atoms with Crippen LogP contribution < -0.4 is 4.74 Å². The molecule has 1 aliphatic rings. The maximum atomic E-state index is 13.0. The fraction of sp³-hybridized carbons (Fsp3) is 0.318. The number of carbonyl (C=O) groups is 1. The number of amides is 1. The molecule has 0 aromatic heterocycles. The van der Waals surface area contributed by atoms with Gasteiger partial charge in [-0.15, -0.1) is 0 Å². The van der Waals surface area contributed by atoms with Crippen LogP contribution in [0.2, 0.25) is 0 Å². The van der Waals surface area contributed by atoms with Gasteiger partial charge in [0.25, 0.3) is 0 Å². The smallest absolute Gasteiger partial charge is 0.246 e. The molecular weight excluding hydrogens is 388 g/mol. The van der Waals surface area contributed by atoms with Gasteiger partial charge in [0.1, 0.15) is 5.75 Å². The largest absolute Gasteiger partial charge is 0.496 e. The van der Waals surface area contributed by atoms with Crippen LogP contribution in [0.4, 0.5) is 0 Å². The topological polar surface area (TPSA) is 66.9 Å². The number of methoxy groups -OCH3 is 1. The number of benzene rings is 2. The highest BCUT2D eigenvalue weighted by Gasteiger charge is 2.30. The van der Waals surface area contributed by atoms with E-state index in [1.54, 1.807) is 24.2 Å². The first-order valence-electron chi connectivity index (χ1n) is 9.50. The van der Waals surface area contributed by atoms with Crippen molar-refractivity contribution in [2.24, 2.45) is 0 Å². The molecule has 0 spiro atoms. The van der Waals surface area contributed by atoms with Crippen LogP contribution in [0.15, 0.2) is 53.4 Å². The van der Waals surface area contributed by atoms with Crippen LogP contribution in [-0.4, -0.2) is 56.8 Å². The number of aryl methyl sites for hydroxylation is 2. The fourth-order valence-corrected chi connectivity index (χ4v) is 5.08. The minimum Gasteiger partial charge on any atom is -0.496 e. The lowest BCUT2D eigenvalue weighted by atomic mass is 10.2. The van der Waals surface area contributed by atoms with Crippen LogP contribution >= 0.6 is 0 Å². The van der Waals surface area contributed by atoms with E-state index < -0.39 is 10.0 Å². The van der Waals surface area contributed by atoms with Crippen molar-refractivity contribution in [3.63, 3.8) is 0 Å². The van der Waals surface area contributed by atoms with Gasteiger partial charge in [0.15, 0.2) is 0 Å². The number of sulfonamides is 1. The van der Waals surface area contributed by atoms with Crippen LogP contribution in [-0.2, 0) is 14.8 Å². The Morgan fingerprint density at radius 3 is 2.38 bits per heavy atom. The number of hydrogen-bond acceptors (Lipinski definition) is 4. The average Bonchev–Trinajstić information content (AvgIpc) is 2.72. The first-order chi connectivity index (χ1) is 13.8. The zero-order chi connectivity index (χ0) is 21.0. The lowest BCUT2D eigenvalue weighted by molar-refractivity contribution is -0.127. The Morgan fingerprint density at radius 2 is 1.72 bits per heavy atom. The second kappa shape index (κ2) is 8.80. The molecule has 2 aromatic rings. The number of nitrogens with zero attached hydrogens (tertiary/aromatic N) is 2. The summed E-state index contributed by atoms with van der Waals surface area (Å²) in [6.07, 6.45) is 3.23. The maximum Gasteiger partial charge on any atom is 0.246 e. The molecule has 0 aliphatic carbocycles. The highest BCUT2D eigenvalue weighted by atomic mass is 32.2. The van der Waals surface area contributed by atoms with E-state index in [1.807, 2.05) is 50.2 Å². The molecule has 1 aliphatic heterocycles. The van der Waals surface area contributed by atoms with Gasteiger partial charge in [0.2, 0.25) is 15.9 Å². The molecule has 0 radical (unpaired) electrons. The molecule has 0 atom stereocenters. The Kier molecular flexibility index (Phi) is 6.39. The predicted molar refractivity (Wildman–Crippen MR) is 113 cm³/mol. The molecule has 2 aromatic carbocycles. The summed E-state index contributed by atoms with van der Waals surface area (Å²) in [6.45, 7) is 5.03. The van der Waals surface area contributed by atoms with Gasteiger partial charge < -0.3 is 9.64 Å². The summed E-state index contributed by atoms with van der Waals surface area (Å²) in [7, 11) is -1.97. The summed E-state index contributed by atoms with van der Waals surface area (Å²) in [4.78, 5) is 14.5. The standard InChI is InChI=1S/C22H26N2O4S/c1-17-8-10-21(18(2)16-17)29(26,27)24-14-12-23(13-15-24)22(25)11-9-19-6-4-5-7-20(19)28-3/h4-11,16H,12-15H2,1-3H3/b11-9-. The first kappa shape index (κ1) is 21.1. The Morgan fingerprint density at radius 1 is 1.03 bits per heavy atom. The second-order valence-corrected chi connectivity index (χ2v) is 8.98. The average molecular weight is 415 g/mol. The zero-order valence-corrected chi connectivity index (χ0v) is 17.8. The zero-order valence-electron chi connectivity index (χ0n) is 17.0. The molecule has 29 heavy (non-hydrogen) atoms. The molecule has 1 saturated heterocycles. The van der Waals surface area contributed by atoms with Gasteiger partial charge in [0, 0.05) is 37.8 Å². The van der Waals surface area contributed by atoms with E-state index in [2.05, 4.69) is 0 Å². The molecule has 7 heteroatoms. The molecule has 1 fully saturated rings. The van der Waals surface area contributed by atoms with Crippen LogP contribution in [0.5, 0.6) is 5.75 Å². The lowest BCUT2D eigenvalue weighted by Gasteiger charge is -2.33. The highest BCUT2D eigenvalue weighted by molar-refractivity contribution is 7.89. The Hall–Kier alpha value is -2.64. The van der Waals surface area contributed by atoms with E-state index in [0.717, 1.165) is 16.7 Å². The van der Waals surface area contributed by atoms with Crippen molar-refractivity contribution >= 4 is 22.0 Å². The molecule has 154 valence electrons. The summed E-state index contributed by atoms with van der Waals surface area (Å²) < 4.78 is 32.7. The summed E-state index contributed by atoms with van der Waals surface area (Å²) >= 11 is 0. The molecule has 0 N–H and O–H groups in total. The first-order valence-corrected chi connectivity index (χ1v) is 10.9. The van der Waals surface area contributed by atoms with Crippen LogP contribution in [0.3, 0.4) is 0 Å². The molecule has 0 unspecified atom stereocenters. The third-order valence-corrected chi connectivity index (χ3v) is 7.10. The van der Waals surface area contributed by atoms with Crippen LogP contribution in [0, 0.1) is 13.8 Å². The Balaban J connectivity index is 1.65. The number of ether oxygens (including phenoxy) is 1. The lowest BCUT2D eigenvalue weighted by Crippen LogP contribution is -2.50. The van der Waals surface area contributed by atoms with E-state index in [1.165, 1.54) is 10.4 Å². The fourth-order valence-electron chi connectivity index (χ4n) is 3.45. The summed E-state index contributed by atoms with van der Waals surface area (Å²) in [5, 5.41) is 0. The number of rotatable bonds is 5. The molecule has 6 nitrogen and oxygen atoms in total. The van der Waals surface area contributed by atoms with Crippen molar-refractivity contribution in [1.29, 1.82) is 0 Å². The molecular formula is C22H26N2O4S. The molecule has 0 saturated carbocycles. The maximum absolute atomic E-state index is 13.0. The molecule has 3 rings (SSSR count). The minimum atomic E-state index is -3.56. The van der Waals surface area contributed by atoms with Crippen molar-refractivity contribution in [3.05, 3.63) is 65.2 Å². The van der Waals surface area contributed by atoms with E-state index in [0.29, 0.717) is 23.7 Å². The normalized spacial score (nSPS) is 15.6. The number of hydrogen-bond donors (Lipinski definition) is 0. The van der Waals surface area contributed by atoms with Gasteiger partial charge in [-0.1, -0.05) is 35.9 Å². The Labute approximate surface area is 172 Å². The van der Waals surface area contributed by atoms with E-state index >= 15 is 0 Å². The SMILES string of the molecule is COc1ccccc1/C=C\C(=O)N1CCN(S(=O)(=O)c2ccc(C)cc2C)CC1. The van der Waals surface area contributed by atoms with Gasteiger partial charge in [-0.25, -0.2) is 8.42 Å². The van der Waals surface area contributed by atoms with E-state index in [-0.39, 0.29) is 19.0 Å². The second-order valence-electron chi connectivity index (χ2n) is 7.07. The van der Waals surface area contributed by atoms with Gasteiger partial charge in [-0.3, -0.25) is 4.79 Å². The van der Waals surface area contributed by atoms with Gasteiger partial charge >= 0.3 is 0 Å². The van der Waals surface area contributed by atoms with Gasteiger partial charge in [-0.2, -0.15) is 4.31 Å². The minimum absolute atomic E-state index is 0.139. The van der Waals surface area contributed by atoms with Crippen molar-refractivity contribution in [1.82, 2.24) is 9.21 Å².